The number of primary amides is 1. The maximum absolute atomic E-state index is 12.7. The van der Waals surface area contributed by atoms with Crippen LogP contribution in [-0.2, 0) is 11.2 Å². The summed E-state index contributed by atoms with van der Waals surface area (Å²) in [6, 6.07) is 12.6. The van der Waals surface area contributed by atoms with Crippen molar-refractivity contribution in [3.63, 3.8) is 0 Å². The fourth-order valence-corrected chi connectivity index (χ4v) is 3.85. The van der Waals surface area contributed by atoms with Crippen LogP contribution >= 0.6 is 0 Å². The molecule has 1 aliphatic rings. The average molecular weight is 433 g/mol. The van der Waals surface area contributed by atoms with Gasteiger partial charge in [-0.1, -0.05) is 12.1 Å². The number of anilines is 1. The summed E-state index contributed by atoms with van der Waals surface area (Å²) >= 11 is 0. The molecule has 0 bridgehead atoms. The van der Waals surface area contributed by atoms with Crippen molar-refractivity contribution in [1.82, 2.24) is 4.98 Å². The Balaban J connectivity index is 1.69. The molecule has 3 N–H and O–H groups in total. The second-order valence-corrected chi connectivity index (χ2v) is 7.38. The van der Waals surface area contributed by atoms with E-state index in [0.29, 0.717) is 35.1 Å². The first-order valence-corrected chi connectivity index (χ1v) is 9.95. The van der Waals surface area contributed by atoms with Gasteiger partial charge in [-0.25, -0.2) is 4.98 Å². The number of amides is 2. The SMILES string of the molecule is COc1cc(-c2cnc3c(c2)C(Cc2ccc(C(N)=O)cc2)C(=O)N3)cc(OC)c1OC. The van der Waals surface area contributed by atoms with Gasteiger partial charge in [0.05, 0.1) is 27.2 Å². The Bertz CT molecular complexity index is 1170. The van der Waals surface area contributed by atoms with Gasteiger partial charge < -0.3 is 25.3 Å². The molecule has 1 aromatic heterocycles. The fourth-order valence-electron chi connectivity index (χ4n) is 3.85. The van der Waals surface area contributed by atoms with Gasteiger partial charge in [-0.15, -0.1) is 0 Å². The number of rotatable bonds is 7. The van der Waals surface area contributed by atoms with E-state index in [2.05, 4.69) is 10.3 Å². The molecule has 1 atom stereocenters. The third-order valence-electron chi connectivity index (χ3n) is 5.53. The van der Waals surface area contributed by atoms with Gasteiger partial charge in [0.25, 0.3) is 0 Å². The van der Waals surface area contributed by atoms with E-state index >= 15 is 0 Å². The second kappa shape index (κ2) is 8.58. The largest absolute Gasteiger partial charge is 0.493 e. The summed E-state index contributed by atoms with van der Waals surface area (Å²) in [7, 11) is 4.67. The summed E-state index contributed by atoms with van der Waals surface area (Å²) in [4.78, 5) is 28.4. The molecule has 4 rings (SSSR count). The summed E-state index contributed by atoms with van der Waals surface area (Å²) in [5.41, 5.74) is 9.09. The van der Waals surface area contributed by atoms with Crippen LogP contribution in [0.1, 0.15) is 27.4 Å². The molecule has 0 aliphatic carbocycles. The van der Waals surface area contributed by atoms with E-state index in [1.807, 2.05) is 30.3 Å². The van der Waals surface area contributed by atoms with Crippen molar-refractivity contribution < 1.29 is 23.8 Å². The summed E-state index contributed by atoms with van der Waals surface area (Å²) < 4.78 is 16.3. The lowest BCUT2D eigenvalue weighted by Gasteiger charge is -2.15. The smallest absolute Gasteiger partial charge is 0.248 e. The highest BCUT2D eigenvalue weighted by Crippen LogP contribution is 2.42. The number of nitrogens with one attached hydrogen (secondary N) is 1. The van der Waals surface area contributed by atoms with Crippen LogP contribution in [0.2, 0.25) is 0 Å². The van der Waals surface area contributed by atoms with E-state index in [9.17, 15) is 9.59 Å². The number of hydrogen-bond acceptors (Lipinski definition) is 6. The van der Waals surface area contributed by atoms with E-state index in [1.165, 1.54) is 0 Å². The van der Waals surface area contributed by atoms with Gasteiger partial charge in [-0.2, -0.15) is 0 Å². The van der Waals surface area contributed by atoms with Crippen LogP contribution in [0.15, 0.2) is 48.7 Å². The zero-order chi connectivity index (χ0) is 22.8. The Kier molecular flexibility index (Phi) is 5.68. The van der Waals surface area contributed by atoms with Crippen LogP contribution in [0.5, 0.6) is 17.2 Å². The highest BCUT2D eigenvalue weighted by molar-refractivity contribution is 6.02. The van der Waals surface area contributed by atoms with Crippen LogP contribution in [0.3, 0.4) is 0 Å². The Hall–Kier alpha value is -4.07. The molecule has 0 saturated heterocycles. The molecule has 8 nitrogen and oxygen atoms in total. The number of benzene rings is 2. The molecule has 2 amide bonds. The first kappa shape index (κ1) is 21.2. The lowest BCUT2D eigenvalue weighted by Crippen LogP contribution is -2.15. The zero-order valence-electron chi connectivity index (χ0n) is 18.0. The van der Waals surface area contributed by atoms with Gasteiger partial charge in [0.15, 0.2) is 11.5 Å². The Morgan fingerprint density at radius 2 is 1.66 bits per heavy atom. The van der Waals surface area contributed by atoms with Crippen molar-refractivity contribution in [3.8, 4) is 28.4 Å². The standard InChI is InChI=1S/C24H23N3O5/c1-30-19-10-15(11-20(31-2)21(19)32-3)16-9-17-18(24(29)27-23(17)26-12-16)8-13-4-6-14(7-5-13)22(25)28/h4-7,9-12,18H,8H2,1-3H3,(H2,25,28)(H,26,27,29). The third-order valence-corrected chi connectivity index (χ3v) is 5.53. The third kappa shape index (κ3) is 3.82. The maximum Gasteiger partial charge on any atom is 0.248 e. The van der Waals surface area contributed by atoms with Crippen molar-refractivity contribution in [2.24, 2.45) is 5.73 Å². The molecule has 3 aromatic rings. The number of methoxy groups -OCH3 is 3. The van der Waals surface area contributed by atoms with Crippen LogP contribution in [0.4, 0.5) is 5.82 Å². The molecule has 32 heavy (non-hydrogen) atoms. The Morgan fingerprint density at radius 1 is 1.00 bits per heavy atom. The van der Waals surface area contributed by atoms with Gasteiger partial charge in [0.2, 0.25) is 17.6 Å². The van der Waals surface area contributed by atoms with Crippen LogP contribution in [-0.4, -0.2) is 38.1 Å². The summed E-state index contributed by atoms with van der Waals surface area (Å²) in [5, 5.41) is 2.85. The topological polar surface area (TPSA) is 113 Å². The van der Waals surface area contributed by atoms with Gasteiger partial charge in [0, 0.05) is 22.9 Å². The predicted octanol–water partition coefficient (Wildman–Crippen LogP) is 3.15. The van der Waals surface area contributed by atoms with Crippen LogP contribution < -0.4 is 25.3 Å². The lowest BCUT2D eigenvalue weighted by atomic mass is 9.92. The molecule has 8 heteroatoms. The van der Waals surface area contributed by atoms with Crippen molar-refractivity contribution in [1.29, 1.82) is 0 Å². The van der Waals surface area contributed by atoms with Crippen LogP contribution in [0.25, 0.3) is 11.1 Å². The van der Waals surface area contributed by atoms with Crippen molar-refractivity contribution in [3.05, 3.63) is 65.4 Å². The number of carbonyl (C=O) groups excluding carboxylic acids is 2. The fraction of sp³-hybridized carbons (Fsp3) is 0.208. The van der Waals surface area contributed by atoms with E-state index in [0.717, 1.165) is 22.3 Å². The lowest BCUT2D eigenvalue weighted by molar-refractivity contribution is -0.117. The second-order valence-electron chi connectivity index (χ2n) is 7.38. The summed E-state index contributed by atoms with van der Waals surface area (Å²) in [6.45, 7) is 0. The van der Waals surface area contributed by atoms with Gasteiger partial charge in [-0.05, 0) is 47.9 Å². The minimum absolute atomic E-state index is 0.117. The van der Waals surface area contributed by atoms with Crippen molar-refractivity contribution >= 4 is 17.6 Å². The van der Waals surface area contributed by atoms with Crippen molar-refractivity contribution in [2.75, 3.05) is 26.6 Å². The molecule has 0 saturated carbocycles. The molecule has 1 unspecified atom stereocenters. The number of carbonyl (C=O) groups is 2. The molecule has 0 fully saturated rings. The number of pyridine rings is 1. The van der Waals surface area contributed by atoms with E-state index in [-0.39, 0.29) is 5.91 Å². The molecular weight excluding hydrogens is 410 g/mol. The predicted molar refractivity (Wildman–Crippen MR) is 119 cm³/mol. The highest BCUT2D eigenvalue weighted by Gasteiger charge is 2.32. The molecule has 0 radical (unpaired) electrons. The van der Waals surface area contributed by atoms with Crippen molar-refractivity contribution in [2.45, 2.75) is 12.3 Å². The number of fused-ring (bicyclic) bond motifs is 1. The molecule has 0 spiro atoms. The van der Waals surface area contributed by atoms with E-state index in [4.69, 9.17) is 19.9 Å². The molecule has 164 valence electrons. The van der Waals surface area contributed by atoms with Gasteiger partial charge in [0.1, 0.15) is 5.82 Å². The number of hydrogen-bond donors (Lipinski definition) is 2. The summed E-state index contributed by atoms with van der Waals surface area (Å²) in [5.74, 6) is 1.10. The first-order valence-electron chi connectivity index (χ1n) is 9.95. The quantitative estimate of drug-likeness (QED) is 0.592. The molecular formula is C24H23N3O5. The minimum Gasteiger partial charge on any atom is -0.493 e. The molecule has 2 aromatic carbocycles. The number of nitrogens with two attached hydrogens (primary N) is 1. The van der Waals surface area contributed by atoms with E-state index in [1.54, 1.807) is 39.7 Å². The monoisotopic (exact) mass is 433 g/mol. The molecule has 1 aliphatic heterocycles. The summed E-state index contributed by atoms with van der Waals surface area (Å²) in [6.07, 6.45) is 2.17. The van der Waals surface area contributed by atoms with E-state index < -0.39 is 11.8 Å². The first-order chi connectivity index (χ1) is 15.4. The highest BCUT2D eigenvalue weighted by atomic mass is 16.5. The zero-order valence-corrected chi connectivity index (χ0v) is 18.0. The number of aromatic nitrogens is 1. The van der Waals surface area contributed by atoms with Crippen LogP contribution in [0, 0.1) is 0 Å². The average Bonchev–Trinajstić information content (AvgIpc) is 3.12. The maximum atomic E-state index is 12.7. The van der Waals surface area contributed by atoms with Gasteiger partial charge in [-0.3, -0.25) is 9.59 Å². The number of nitrogens with zero attached hydrogens (tertiary/aromatic N) is 1. The Morgan fingerprint density at radius 3 is 2.22 bits per heavy atom. The Labute approximate surface area is 185 Å². The minimum atomic E-state index is -0.486. The number of ether oxygens (including phenoxy) is 3. The normalized spacial score (nSPS) is 14.5. The molecule has 2 heterocycles. The van der Waals surface area contributed by atoms with Gasteiger partial charge >= 0.3 is 0 Å².